The fourth-order valence-corrected chi connectivity index (χ4v) is 4.30. The lowest BCUT2D eigenvalue weighted by molar-refractivity contribution is -0.123. The molecule has 0 spiro atoms. The van der Waals surface area contributed by atoms with Crippen molar-refractivity contribution in [2.24, 2.45) is 11.1 Å². The molecule has 2 aromatic carbocycles. The molecule has 0 aliphatic heterocycles. The summed E-state index contributed by atoms with van der Waals surface area (Å²) < 4.78 is 6.33. The SMILES string of the molecule is Cc1ccccc1OC(CCNC(=O)CC1(CN)CCCCC1)c1ccccc1. The number of carbonyl (C=O) groups is 1. The van der Waals surface area contributed by atoms with Gasteiger partial charge < -0.3 is 15.8 Å². The number of nitrogens with two attached hydrogens (primary N) is 1. The Morgan fingerprint density at radius 3 is 2.45 bits per heavy atom. The van der Waals surface area contributed by atoms with Gasteiger partial charge in [0.05, 0.1) is 0 Å². The number of aryl methyl sites for hydroxylation is 1. The summed E-state index contributed by atoms with van der Waals surface area (Å²) in [7, 11) is 0. The fourth-order valence-electron chi connectivity index (χ4n) is 4.30. The zero-order valence-corrected chi connectivity index (χ0v) is 17.5. The van der Waals surface area contributed by atoms with Gasteiger partial charge in [-0.05, 0) is 48.9 Å². The molecular weight excluding hydrogens is 360 g/mol. The molecule has 1 aliphatic carbocycles. The van der Waals surface area contributed by atoms with Gasteiger partial charge in [0.15, 0.2) is 0 Å². The number of para-hydroxylation sites is 1. The number of rotatable bonds is 9. The van der Waals surface area contributed by atoms with Gasteiger partial charge >= 0.3 is 0 Å². The van der Waals surface area contributed by atoms with Crippen molar-refractivity contribution >= 4 is 5.91 Å². The third kappa shape index (κ3) is 6.07. The number of ether oxygens (including phenoxy) is 1. The van der Waals surface area contributed by atoms with Crippen molar-refractivity contribution in [3.8, 4) is 5.75 Å². The molecule has 0 saturated heterocycles. The molecule has 3 rings (SSSR count). The van der Waals surface area contributed by atoms with Gasteiger partial charge in [0.2, 0.25) is 5.91 Å². The molecule has 156 valence electrons. The van der Waals surface area contributed by atoms with E-state index in [1.54, 1.807) is 0 Å². The molecule has 0 aromatic heterocycles. The molecule has 1 aliphatic rings. The van der Waals surface area contributed by atoms with E-state index in [2.05, 4.69) is 30.4 Å². The highest BCUT2D eigenvalue weighted by molar-refractivity contribution is 5.76. The van der Waals surface area contributed by atoms with Crippen LogP contribution in [0, 0.1) is 12.3 Å². The van der Waals surface area contributed by atoms with Crippen molar-refractivity contribution in [1.82, 2.24) is 5.32 Å². The average Bonchev–Trinajstić information content (AvgIpc) is 2.75. The molecule has 0 radical (unpaired) electrons. The van der Waals surface area contributed by atoms with Gasteiger partial charge in [0.25, 0.3) is 0 Å². The summed E-state index contributed by atoms with van der Waals surface area (Å²) in [5, 5.41) is 3.12. The lowest BCUT2D eigenvalue weighted by atomic mass is 9.71. The number of amides is 1. The van der Waals surface area contributed by atoms with Crippen molar-refractivity contribution in [2.75, 3.05) is 13.1 Å². The molecular formula is C25H34N2O2. The molecule has 1 atom stereocenters. The van der Waals surface area contributed by atoms with Crippen LogP contribution in [0.3, 0.4) is 0 Å². The maximum Gasteiger partial charge on any atom is 0.220 e. The maximum atomic E-state index is 12.6. The Morgan fingerprint density at radius 1 is 1.07 bits per heavy atom. The normalized spacial score (nSPS) is 16.8. The van der Waals surface area contributed by atoms with E-state index in [0.29, 0.717) is 19.5 Å². The number of hydrogen-bond donors (Lipinski definition) is 2. The standard InChI is InChI=1S/C25H34N2O2/c1-20-10-6-7-13-22(20)29-23(21-11-4-2-5-12-21)14-17-27-24(28)18-25(19-26)15-8-3-9-16-25/h2,4-7,10-13,23H,3,8-9,14-19,26H2,1H3,(H,27,28). The van der Waals surface area contributed by atoms with Crippen LogP contribution in [0.5, 0.6) is 5.75 Å². The van der Waals surface area contributed by atoms with Crippen LogP contribution in [0.4, 0.5) is 0 Å². The van der Waals surface area contributed by atoms with Gasteiger partial charge in [-0.1, -0.05) is 67.8 Å². The first-order chi connectivity index (χ1) is 14.1. The lowest BCUT2D eigenvalue weighted by Crippen LogP contribution is -2.39. The largest absolute Gasteiger partial charge is 0.485 e. The Kier molecular flexibility index (Phi) is 7.70. The molecule has 1 amide bonds. The van der Waals surface area contributed by atoms with Crippen LogP contribution in [0.1, 0.15) is 62.2 Å². The maximum absolute atomic E-state index is 12.6. The molecule has 2 aromatic rings. The van der Waals surface area contributed by atoms with Crippen LogP contribution in [-0.4, -0.2) is 19.0 Å². The average molecular weight is 395 g/mol. The van der Waals surface area contributed by atoms with Crippen molar-refractivity contribution in [1.29, 1.82) is 0 Å². The first-order valence-corrected chi connectivity index (χ1v) is 10.9. The van der Waals surface area contributed by atoms with Gasteiger partial charge in [-0.25, -0.2) is 0 Å². The molecule has 0 heterocycles. The van der Waals surface area contributed by atoms with Gasteiger partial charge in [-0.3, -0.25) is 4.79 Å². The summed E-state index contributed by atoms with van der Waals surface area (Å²) in [5.74, 6) is 0.997. The second kappa shape index (κ2) is 10.4. The van der Waals surface area contributed by atoms with Crippen molar-refractivity contribution < 1.29 is 9.53 Å². The van der Waals surface area contributed by atoms with Gasteiger partial charge in [0.1, 0.15) is 11.9 Å². The third-order valence-corrected chi connectivity index (χ3v) is 6.15. The summed E-state index contributed by atoms with van der Waals surface area (Å²) in [5.41, 5.74) is 8.27. The van der Waals surface area contributed by atoms with Crippen LogP contribution < -0.4 is 15.8 Å². The van der Waals surface area contributed by atoms with E-state index in [1.165, 1.54) is 19.3 Å². The van der Waals surface area contributed by atoms with E-state index in [4.69, 9.17) is 10.5 Å². The third-order valence-electron chi connectivity index (χ3n) is 6.15. The molecule has 3 N–H and O–H groups in total. The predicted molar refractivity (Wildman–Crippen MR) is 118 cm³/mol. The van der Waals surface area contributed by atoms with Gasteiger partial charge in [-0.15, -0.1) is 0 Å². The molecule has 0 bridgehead atoms. The number of hydrogen-bond acceptors (Lipinski definition) is 3. The van der Waals surface area contributed by atoms with Crippen LogP contribution in [0.2, 0.25) is 0 Å². The molecule has 29 heavy (non-hydrogen) atoms. The van der Waals surface area contributed by atoms with Crippen LogP contribution in [0.25, 0.3) is 0 Å². The number of carbonyl (C=O) groups excluding carboxylic acids is 1. The zero-order chi connectivity index (χ0) is 20.5. The van der Waals surface area contributed by atoms with E-state index in [-0.39, 0.29) is 17.4 Å². The second-order valence-corrected chi connectivity index (χ2v) is 8.36. The highest BCUT2D eigenvalue weighted by Gasteiger charge is 2.32. The Bertz CT molecular complexity index is 769. The lowest BCUT2D eigenvalue weighted by Gasteiger charge is -2.35. The smallest absolute Gasteiger partial charge is 0.220 e. The van der Waals surface area contributed by atoms with E-state index < -0.39 is 0 Å². The summed E-state index contributed by atoms with van der Waals surface area (Å²) in [6.45, 7) is 3.24. The van der Waals surface area contributed by atoms with E-state index >= 15 is 0 Å². The minimum absolute atomic E-state index is 0.00118. The highest BCUT2D eigenvalue weighted by atomic mass is 16.5. The van der Waals surface area contributed by atoms with Gasteiger partial charge in [0, 0.05) is 19.4 Å². The minimum atomic E-state index is -0.101. The van der Waals surface area contributed by atoms with E-state index in [0.717, 1.165) is 36.1 Å². The summed E-state index contributed by atoms with van der Waals surface area (Å²) in [6.07, 6.45) is 6.93. The molecule has 1 unspecified atom stereocenters. The van der Waals surface area contributed by atoms with Crippen molar-refractivity contribution in [3.05, 3.63) is 65.7 Å². The monoisotopic (exact) mass is 394 g/mol. The highest BCUT2D eigenvalue weighted by Crippen LogP contribution is 2.38. The number of benzene rings is 2. The number of nitrogens with one attached hydrogen (secondary N) is 1. The summed E-state index contributed by atoms with van der Waals surface area (Å²) in [6, 6.07) is 18.3. The van der Waals surface area contributed by atoms with Crippen molar-refractivity contribution in [2.45, 2.75) is 58.0 Å². The van der Waals surface area contributed by atoms with E-state index in [1.807, 2.05) is 36.4 Å². The van der Waals surface area contributed by atoms with Crippen molar-refractivity contribution in [3.63, 3.8) is 0 Å². The molecule has 4 heteroatoms. The summed E-state index contributed by atoms with van der Waals surface area (Å²) in [4.78, 5) is 12.6. The Balaban J connectivity index is 1.58. The Morgan fingerprint density at radius 2 is 1.76 bits per heavy atom. The molecule has 1 saturated carbocycles. The molecule has 1 fully saturated rings. The van der Waals surface area contributed by atoms with Gasteiger partial charge in [-0.2, -0.15) is 0 Å². The van der Waals surface area contributed by atoms with Crippen LogP contribution >= 0.6 is 0 Å². The Labute approximate surface area is 174 Å². The predicted octanol–water partition coefficient (Wildman–Crippen LogP) is 4.92. The molecule has 4 nitrogen and oxygen atoms in total. The van der Waals surface area contributed by atoms with Crippen LogP contribution in [0.15, 0.2) is 54.6 Å². The first kappa shape index (κ1) is 21.4. The fraction of sp³-hybridized carbons (Fsp3) is 0.480. The minimum Gasteiger partial charge on any atom is -0.485 e. The van der Waals surface area contributed by atoms with E-state index in [9.17, 15) is 4.79 Å². The Hall–Kier alpha value is -2.33. The van der Waals surface area contributed by atoms with Crippen LogP contribution in [-0.2, 0) is 4.79 Å². The second-order valence-electron chi connectivity index (χ2n) is 8.36. The quantitative estimate of drug-likeness (QED) is 0.634. The summed E-state index contributed by atoms with van der Waals surface area (Å²) >= 11 is 0. The topological polar surface area (TPSA) is 64.3 Å². The first-order valence-electron chi connectivity index (χ1n) is 10.9. The zero-order valence-electron chi connectivity index (χ0n) is 17.5.